The Labute approximate surface area is 241 Å². The van der Waals surface area contributed by atoms with Crippen LogP contribution in [0.4, 0.5) is 0 Å². The molecule has 0 radical (unpaired) electrons. The second-order valence-corrected chi connectivity index (χ2v) is 12.6. The van der Waals surface area contributed by atoms with Gasteiger partial charge in [-0.1, -0.05) is 60.7 Å². The quantitative estimate of drug-likeness (QED) is 0.186. The van der Waals surface area contributed by atoms with Crippen molar-refractivity contribution in [2.75, 3.05) is 24.7 Å². The molecule has 0 saturated carbocycles. The van der Waals surface area contributed by atoms with E-state index in [-0.39, 0.29) is 12.2 Å². The minimum Gasteiger partial charge on any atom is -0.378 e. The minimum atomic E-state index is 0.219. The molecular weight excluding hydrogens is 504 g/mol. The molecule has 0 N–H and O–H groups in total. The van der Waals surface area contributed by atoms with E-state index in [0.29, 0.717) is 37.3 Å². The molecule has 4 rings (SSSR count). The molecule has 0 spiro atoms. The summed E-state index contributed by atoms with van der Waals surface area (Å²) >= 11 is 2.09. The number of hydrogen-bond acceptors (Lipinski definition) is 5. The number of thioether (sulfide) groups is 1. The standard InChI is InChI=1S/C34H50O4S/c1-27(37-23-29-11-5-3-6-12-29)31(17-19-33-15-9-21-35-33)25-39-26-32(18-20-34-16-10-22-36-34)28(2)38-24-30-13-7-4-8-14-30/h3-8,11-14,27-28,31-34H,9-10,15-26H2,1-2H3. The molecule has 0 bridgehead atoms. The molecule has 2 aromatic carbocycles. The van der Waals surface area contributed by atoms with Gasteiger partial charge < -0.3 is 18.9 Å². The fourth-order valence-electron chi connectivity index (χ4n) is 5.70. The molecule has 5 heteroatoms. The van der Waals surface area contributed by atoms with Gasteiger partial charge in [0.25, 0.3) is 0 Å². The maximum absolute atomic E-state index is 6.42. The van der Waals surface area contributed by atoms with Gasteiger partial charge in [0, 0.05) is 13.2 Å². The van der Waals surface area contributed by atoms with Crippen molar-refractivity contribution in [2.24, 2.45) is 11.8 Å². The summed E-state index contributed by atoms with van der Waals surface area (Å²) in [5.74, 6) is 3.26. The highest BCUT2D eigenvalue weighted by Gasteiger charge is 2.25. The summed E-state index contributed by atoms with van der Waals surface area (Å²) in [6, 6.07) is 21.1. The molecule has 216 valence electrons. The molecule has 6 atom stereocenters. The van der Waals surface area contributed by atoms with Crippen molar-refractivity contribution < 1.29 is 18.9 Å². The number of benzene rings is 2. The summed E-state index contributed by atoms with van der Waals surface area (Å²) in [5.41, 5.74) is 2.49. The molecular formula is C34H50O4S. The molecule has 6 unspecified atom stereocenters. The maximum Gasteiger partial charge on any atom is 0.0720 e. The monoisotopic (exact) mass is 554 g/mol. The van der Waals surface area contributed by atoms with Gasteiger partial charge in [0.05, 0.1) is 37.6 Å². The smallest absolute Gasteiger partial charge is 0.0720 e. The third-order valence-electron chi connectivity index (χ3n) is 8.47. The van der Waals surface area contributed by atoms with E-state index in [4.69, 9.17) is 18.9 Å². The van der Waals surface area contributed by atoms with E-state index in [1.54, 1.807) is 0 Å². The van der Waals surface area contributed by atoms with E-state index >= 15 is 0 Å². The Morgan fingerprint density at radius 2 is 1.13 bits per heavy atom. The Hall–Kier alpha value is -1.37. The van der Waals surface area contributed by atoms with Crippen LogP contribution in [0.1, 0.15) is 76.3 Å². The molecule has 2 aliphatic heterocycles. The molecule has 0 amide bonds. The van der Waals surface area contributed by atoms with Crippen LogP contribution in [-0.2, 0) is 32.2 Å². The number of rotatable bonds is 18. The molecule has 2 aliphatic rings. The van der Waals surface area contributed by atoms with Gasteiger partial charge in [-0.2, -0.15) is 11.8 Å². The van der Waals surface area contributed by atoms with Crippen LogP contribution in [0.25, 0.3) is 0 Å². The van der Waals surface area contributed by atoms with Gasteiger partial charge in [0.15, 0.2) is 0 Å². The normalized spacial score (nSPS) is 22.5. The van der Waals surface area contributed by atoms with Crippen molar-refractivity contribution in [3.8, 4) is 0 Å². The highest BCUT2D eigenvalue weighted by atomic mass is 32.2. The Morgan fingerprint density at radius 1 is 0.692 bits per heavy atom. The van der Waals surface area contributed by atoms with Crippen LogP contribution >= 0.6 is 11.8 Å². The van der Waals surface area contributed by atoms with Crippen molar-refractivity contribution in [3.05, 3.63) is 71.8 Å². The van der Waals surface area contributed by atoms with E-state index in [1.807, 2.05) is 0 Å². The second kappa shape index (κ2) is 17.4. The number of hydrogen-bond donors (Lipinski definition) is 0. The van der Waals surface area contributed by atoms with Crippen molar-refractivity contribution in [1.82, 2.24) is 0 Å². The van der Waals surface area contributed by atoms with E-state index in [0.717, 1.165) is 50.4 Å². The van der Waals surface area contributed by atoms with Gasteiger partial charge in [-0.3, -0.25) is 0 Å². The largest absolute Gasteiger partial charge is 0.378 e. The first-order valence-corrected chi connectivity index (χ1v) is 16.4. The molecule has 0 aromatic heterocycles. The van der Waals surface area contributed by atoms with Crippen LogP contribution in [0.3, 0.4) is 0 Å². The third-order valence-corrected chi connectivity index (χ3v) is 9.80. The van der Waals surface area contributed by atoms with Crippen LogP contribution in [-0.4, -0.2) is 49.1 Å². The van der Waals surface area contributed by atoms with E-state index in [1.165, 1.54) is 36.8 Å². The van der Waals surface area contributed by atoms with Crippen molar-refractivity contribution >= 4 is 11.8 Å². The Morgan fingerprint density at radius 3 is 1.51 bits per heavy atom. The molecule has 2 fully saturated rings. The summed E-state index contributed by atoms with van der Waals surface area (Å²) in [7, 11) is 0. The lowest BCUT2D eigenvalue weighted by atomic mass is 9.96. The lowest BCUT2D eigenvalue weighted by Crippen LogP contribution is -2.27. The van der Waals surface area contributed by atoms with Crippen LogP contribution in [0, 0.1) is 11.8 Å². The fraction of sp³-hybridized carbons (Fsp3) is 0.647. The zero-order chi connectivity index (χ0) is 27.1. The molecule has 2 saturated heterocycles. The fourth-order valence-corrected chi connectivity index (χ4v) is 7.31. The third kappa shape index (κ3) is 11.2. The van der Waals surface area contributed by atoms with Crippen LogP contribution in [0.2, 0.25) is 0 Å². The summed E-state index contributed by atoms with van der Waals surface area (Å²) in [6.07, 6.45) is 10.7. The lowest BCUT2D eigenvalue weighted by molar-refractivity contribution is 0.0101. The van der Waals surface area contributed by atoms with Crippen molar-refractivity contribution in [3.63, 3.8) is 0 Å². The SMILES string of the molecule is CC(OCc1ccccc1)C(CCC1CCCO1)CSCC(CCC1CCCO1)C(C)OCc1ccccc1. The maximum atomic E-state index is 6.42. The average molecular weight is 555 g/mol. The Balaban J connectivity index is 1.30. The Kier molecular flexibility index (Phi) is 13.7. The van der Waals surface area contributed by atoms with Crippen LogP contribution in [0.15, 0.2) is 60.7 Å². The van der Waals surface area contributed by atoms with Crippen molar-refractivity contribution in [1.29, 1.82) is 0 Å². The van der Waals surface area contributed by atoms with Crippen LogP contribution in [0.5, 0.6) is 0 Å². The average Bonchev–Trinajstić information content (AvgIpc) is 3.70. The first-order valence-electron chi connectivity index (χ1n) is 15.3. The first kappa shape index (κ1) is 30.6. The topological polar surface area (TPSA) is 36.9 Å². The predicted molar refractivity (Wildman–Crippen MR) is 162 cm³/mol. The summed E-state index contributed by atoms with van der Waals surface area (Å²) in [4.78, 5) is 0. The lowest BCUT2D eigenvalue weighted by Gasteiger charge is -2.28. The summed E-state index contributed by atoms with van der Waals surface area (Å²) < 4.78 is 24.7. The molecule has 39 heavy (non-hydrogen) atoms. The summed E-state index contributed by atoms with van der Waals surface area (Å²) in [6.45, 7) is 7.75. The highest BCUT2D eigenvalue weighted by Crippen LogP contribution is 2.30. The second-order valence-electron chi connectivity index (χ2n) is 11.5. The van der Waals surface area contributed by atoms with Gasteiger partial charge in [-0.25, -0.2) is 0 Å². The number of ether oxygens (including phenoxy) is 4. The zero-order valence-electron chi connectivity index (χ0n) is 24.2. The van der Waals surface area contributed by atoms with Gasteiger partial charge in [0.2, 0.25) is 0 Å². The van der Waals surface area contributed by atoms with Gasteiger partial charge in [-0.15, -0.1) is 0 Å². The molecule has 2 heterocycles. The predicted octanol–water partition coefficient (Wildman–Crippen LogP) is 8.08. The van der Waals surface area contributed by atoms with Gasteiger partial charge in [0.1, 0.15) is 0 Å². The van der Waals surface area contributed by atoms with Crippen molar-refractivity contribution in [2.45, 2.75) is 103 Å². The molecule has 0 aliphatic carbocycles. The first-order chi connectivity index (χ1) is 19.2. The van der Waals surface area contributed by atoms with Crippen LogP contribution < -0.4 is 0 Å². The van der Waals surface area contributed by atoms with E-state index in [2.05, 4.69) is 86.3 Å². The van der Waals surface area contributed by atoms with Gasteiger partial charge in [-0.05, 0) is 99.7 Å². The van der Waals surface area contributed by atoms with E-state index < -0.39 is 0 Å². The van der Waals surface area contributed by atoms with Gasteiger partial charge >= 0.3 is 0 Å². The molecule has 4 nitrogen and oxygen atoms in total. The Bertz CT molecular complexity index is 809. The molecule has 2 aromatic rings. The minimum absolute atomic E-state index is 0.219. The summed E-state index contributed by atoms with van der Waals surface area (Å²) in [5, 5.41) is 0. The highest BCUT2D eigenvalue weighted by molar-refractivity contribution is 7.99. The zero-order valence-corrected chi connectivity index (χ0v) is 25.0. The van der Waals surface area contributed by atoms with E-state index in [9.17, 15) is 0 Å².